The van der Waals surface area contributed by atoms with Crippen LogP contribution >= 0.6 is 22.7 Å². The summed E-state index contributed by atoms with van der Waals surface area (Å²) in [7, 11) is 0. The molecule has 3 rings (SSSR count). The Morgan fingerprint density at radius 2 is 2.00 bits per heavy atom. The Morgan fingerprint density at radius 1 is 1.25 bits per heavy atom. The van der Waals surface area contributed by atoms with Crippen molar-refractivity contribution in [2.45, 2.75) is 19.4 Å². The van der Waals surface area contributed by atoms with E-state index < -0.39 is 0 Å². The number of carbonyl (C=O) groups excluding carboxylic acids is 1. The maximum atomic E-state index is 12.3. The molecule has 20 heavy (non-hydrogen) atoms. The summed E-state index contributed by atoms with van der Waals surface area (Å²) in [5, 5.41) is 4.20. The lowest BCUT2D eigenvalue weighted by molar-refractivity contribution is 0.0920. The van der Waals surface area contributed by atoms with Crippen LogP contribution in [0.15, 0.2) is 30.3 Å². The van der Waals surface area contributed by atoms with Crippen molar-refractivity contribution in [2.75, 3.05) is 6.54 Å². The van der Waals surface area contributed by atoms with E-state index in [2.05, 4.69) is 17.4 Å². The van der Waals surface area contributed by atoms with E-state index in [0.29, 0.717) is 6.54 Å². The quantitative estimate of drug-likeness (QED) is 0.777. The second-order valence-electron chi connectivity index (χ2n) is 5.44. The van der Waals surface area contributed by atoms with E-state index in [1.54, 1.807) is 22.7 Å². The van der Waals surface area contributed by atoms with Crippen LogP contribution in [0.5, 0.6) is 0 Å². The van der Waals surface area contributed by atoms with Crippen LogP contribution < -0.4 is 11.1 Å². The first-order chi connectivity index (χ1) is 9.50. The molecule has 0 radical (unpaired) electrons. The van der Waals surface area contributed by atoms with Crippen molar-refractivity contribution in [3.8, 4) is 0 Å². The Bertz CT molecular complexity index is 785. The minimum Gasteiger partial charge on any atom is -0.345 e. The highest BCUT2D eigenvalue weighted by molar-refractivity contribution is 7.33. The van der Waals surface area contributed by atoms with Crippen molar-refractivity contribution in [1.82, 2.24) is 5.32 Å². The fraction of sp³-hybridized carbons (Fsp3) is 0.267. The topological polar surface area (TPSA) is 55.1 Å². The summed E-state index contributed by atoms with van der Waals surface area (Å²) in [4.78, 5) is 13.0. The van der Waals surface area contributed by atoms with Gasteiger partial charge in [0.25, 0.3) is 5.91 Å². The summed E-state index contributed by atoms with van der Waals surface area (Å²) in [5.74, 6) is -0.0436. The third-order valence-corrected chi connectivity index (χ3v) is 5.65. The largest absolute Gasteiger partial charge is 0.345 e. The van der Waals surface area contributed by atoms with Crippen LogP contribution in [0.1, 0.15) is 23.5 Å². The molecule has 5 heteroatoms. The number of hydrogen-bond acceptors (Lipinski definition) is 4. The molecule has 0 aliphatic rings. The highest BCUT2D eigenvalue weighted by atomic mass is 32.1. The third-order valence-electron chi connectivity index (χ3n) is 3.24. The number of nitrogens with one attached hydrogen (secondary N) is 1. The SMILES string of the molecule is CC(C)(CN)NC(=O)c1cc2sc3ccccc3c2s1. The fourth-order valence-electron chi connectivity index (χ4n) is 2.03. The average Bonchev–Trinajstić information content (AvgIpc) is 2.95. The molecule has 3 nitrogen and oxygen atoms in total. The normalized spacial score (nSPS) is 12.2. The van der Waals surface area contributed by atoms with E-state index in [0.717, 1.165) is 4.88 Å². The Balaban J connectivity index is 1.99. The minimum atomic E-state index is -0.378. The molecule has 0 spiro atoms. The standard InChI is InChI=1S/C15H16N2OS2/c1-15(2,8-16)17-14(18)12-7-11-13(20-12)9-5-3-4-6-10(9)19-11/h3-7H,8,16H2,1-2H3,(H,17,18). The minimum absolute atomic E-state index is 0.0436. The molecular formula is C15H16N2OS2. The van der Waals surface area contributed by atoms with Crippen LogP contribution in [-0.2, 0) is 0 Å². The first kappa shape index (κ1) is 13.5. The molecule has 1 aromatic carbocycles. The molecule has 0 atom stereocenters. The summed E-state index contributed by atoms with van der Waals surface area (Å²) in [6.07, 6.45) is 0. The fourth-order valence-corrected chi connectivity index (χ4v) is 4.45. The summed E-state index contributed by atoms with van der Waals surface area (Å²) < 4.78 is 3.64. The zero-order valence-corrected chi connectivity index (χ0v) is 13.0. The van der Waals surface area contributed by atoms with Crippen molar-refractivity contribution in [3.63, 3.8) is 0 Å². The number of benzene rings is 1. The lowest BCUT2D eigenvalue weighted by Crippen LogP contribution is -2.48. The number of hydrogen-bond donors (Lipinski definition) is 2. The smallest absolute Gasteiger partial charge is 0.261 e. The number of rotatable bonds is 3. The van der Waals surface area contributed by atoms with E-state index in [9.17, 15) is 4.79 Å². The molecule has 0 unspecified atom stereocenters. The molecule has 104 valence electrons. The number of amides is 1. The van der Waals surface area contributed by atoms with Gasteiger partial charge < -0.3 is 11.1 Å². The van der Waals surface area contributed by atoms with Gasteiger partial charge in [-0.15, -0.1) is 22.7 Å². The van der Waals surface area contributed by atoms with Crippen LogP contribution in [-0.4, -0.2) is 18.0 Å². The van der Waals surface area contributed by atoms with Crippen molar-refractivity contribution < 1.29 is 4.79 Å². The maximum absolute atomic E-state index is 12.3. The predicted molar refractivity (Wildman–Crippen MR) is 87.8 cm³/mol. The van der Waals surface area contributed by atoms with Gasteiger partial charge in [-0.05, 0) is 26.0 Å². The molecule has 0 aliphatic carbocycles. The molecule has 0 aliphatic heterocycles. The zero-order valence-electron chi connectivity index (χ0n) is 11.4. The second kappa shape index (κ2) is 4.84. The lowest BCUT2D eigenvalue weighted by atomic mass is 10.1. The first-order valence-corrected chi connectivity index (χ1v) is 8.07. The van der Waals surface area contributed by atoms with Gasteiger partial charge in [0, 0.05) is 26.9 Å². The summed E-state index contributed by atoms with van der Waals surface area (Å²) in [6.45, 7) is 4.27. The van der Waals surface area contributed by atoms with Crippen molar-refractivity contribution in [3.05, 3.63) is 35.2 Å². The van der Waals surface area contributed by atoms with Gasteiger partial charge >= 0.3 is 0 Å². The van der Waals surface area contributed by atoms with Crippen LogP contribution in [0, 0.1) is 0 Å². The molecular weight excluding hydrogens is 288 g/mol. The van der Waals surface area contributed by atoms with Gasteiger partial charge in [-0.1, -0.05) is 18.2 Å². The highest BCUT2D eigenvalue weighted by Crippen LogP contribution is 2.39. The molecule has 0 saturated heterocycles. The van der Waals surface area contributed by atoms with Gasteiger partial charge in [0.05, 0.1) is 9.58 Å². The molecule has 2 heterocycles. The number of nitrogens with two attached hydrogens (primary N) is 1. The second-order valence-corrected chi connectivity index (χ2v) is 7.58. The molecule has 3 N–H and O–H groups in total. The van der Waals surface area contributed by atoms with Gasteiger partial charge in [-0.25, -0.2) is 0 Å². The van der Waals surface area contributed by atoms with Crippen molar-refractivity contribution >= 4 is 48.1 Å². The Labute approximate surface area is 125 Å². The highest BCUT2D eigenvalue weighted by Gasteiger charge is 2.21. The van der Waals surface area contributed by atoms with Crippen molar-refractivity contribution in [1.29, 1.82) is 0 Å². The summed E-state index contributed by atoms with van der Waals surface area (Å²) in [6, 6.07) is 10.3. The Kier molecular flexibility index (Phi) is 3.28. The molecule has 2 aromatic heterocycles. The summed E-state index contributed by atoms with van der Waals surface area (Å²) in [5.41, 5.74) is 5.27. The van der Waals surface area contributed by atoms with Gasteiger partial charge in [-0.3, -0.25) is 4.79 Å². The van der Waals surface area contributed by atoms with Crippen LogP contribution in [0.3, 0.4) is 0 Å². The molecule has 0 bridgehead atoms. The molecule has 1 amide bonds. The van der Waals surface area contributed by atoms with Gasteiger partial charge in [0.15, 0.2) is 0 Å². The lowest BCUT2D eigenvalue weighted by Gasteiger charge is -2.23. The van der Waals surface area contributed by atoms with E-state index in [4.69, 9.17) is 5.73 Å². The molecule has 0 fully saturated rings. The number of carbonyl (C=O) groups is 1. The Morgan fingerprint density at radius 3 is 2.75 bits per heavy atom. The van der Waals surface area contributed by atoms with E-state index in [1.807, 2.05) is 32.0 Å². The third kappa shape index (κ3) is 2.32. The van der Waals surface area contributed by atoms with E-state index in [-0.39, 0.29) is 11.4 Å². The summed E-state index contributed by atoms with van der Waals surface area (Å²) >= 11 is 3.28. The van der Waals surface area contributed by atoms with Gasteiger partial charge in [0.2, 0.25) is 0 Å². The number of fused-ring (bicyclic) bond motifs is 3. The van der Waals surface area contributed by atoms with E-state index >= 15 is 0 Å². The molecule has 3 aromatic rings. The van der Waals surface area contributed by atoms with Crippen LogP contribution in [0.25, 0.3) is 19.5 Å². The first-order valence-electron chi connectivity index (χ1n) is 6.44. The van der Waals surface area contributed by atoms with Crippen LogP contribution in [0.4, 0.5) is 0 Å². The monoisotopic (exact) mass is 304 g/mol. The van der Waals surface area contributed by atoms with E-state index in [1.165, 1.54) is 19.5 Å². The molecule has 0 saturated carbocycles. The Hall–Kier alpha value is -1.43. The van der Waals surface area contributed by atoms with Crippen molar-refractivity contribution in [2.24, 2.45) is 5.73 Å². The maximum Gasteiger partial charge on any atom is 0.261 e. The predicted octanol–water partition coefficient (Wildman–Crippen LogP) is 3.58. The van der Waals surface area contributed by atoms with Gasteiger partial charge in [-0.2, -0.15) is 0 Å². The average molecular weight is 304 g/mol. The van der Waals surface area contributed by atoms with Gasteiger partial charge in [0.1, 0.15) is 0 Å². The van der Waals surface area contributed by atoms with Crippen LogP contribution in [0.2, 0.25) is 0 Å². The zero-order chi connectivity index (χ0) is 14.3. The number of thiophene rings is 2.